The molecule has 0 spiro atoms. The summed E-state index contributed by atoms with van der Waals surface area (Å²) >= 11 is 0. The van der Waals surface area contributed by atoms with Gasteiger partial charge >= 0.3 is 0 Å². The molecule has 1 aromatic rings. The maximum atomic E-state index is 12.4. The minimum Gasteiger partial charge on any atom is -0.394 e. The van der Waals surface area contributed by atoms with Gasteiger partial charge in [-0.15, -0.1) is 5.10 Å². The van der Waals surface area contributed by atoms with Crippen molar-refractivity contribution in [3.05, 3.63) is 11.9 Å². The summed E-state index contributed by atoms with van der Waals surface area (Å²) in [5, 5.41) is 21.2. The molecule has 146 valence electrons. The molecule has 2 aliphatic rings. The van der Waals surface area contributed by atoms with Crippen molar-refractivity contribution in [3.63, 3.8) is 0 Å². The highest BCUT2D eigenvalue weighted by molar-refractivity contribution is 5.79. The number of amides is 1. The number of ether oxygens (including phenoxy) is 1. The number of aryl methyl sites for hydroxylation is 1. The number of nitrogens with one attached hydrogen (secondary N) is 1. The molecule has 1 amide bonds. The quantitative estimate of drug-likeness (QED) is 0.772. The monoisotopic (exact) mass is 364 g/mol. The maximum absolute atomic E-state index is 12.4. The molecule has 26 heavy (non-hydrogen) atoms. The second kappa shape index (κ2) is 8.95. The molecular formula is C19H32N4O3. The molecule has 1 aliphatic carbocycles. The number of hydrogen-bond acceptors (Lipinski definition) is 5. The fourth-order valence-electron chi connectivity index (χ4n) is 3.96. The van der Waals surface area contributed by atoms with Crippen LogP contribution in [0.15, 0.2) is 6.20 Å². The lowest BCUT2D eigenvalue weighted by atomic mass is 9.96. The first kappa shape index (κ1) is 19.3. The number of aromatic nitrogens is 3. The molecule has 1 saturated carbocycles. The number of nitrogens with zero attached hydrogens (tertiary/aromatic N) is 3. The van der Waals surface area contributed by atoms with E-state index in [1.165, 1.54) is 0 Å². The van der Waals surface area contributed by atoms with Crippen LogP contribution in [0.4, 0.5) is 0 Å². The van der Waals surface area contributed by atoms with Gasteiger partial charge in [0.2, 0.25) is 5.91 Å². The maximum Gasteiger partial charge on any atom is 0.223 e. The van der Waals surface area contributed by atoms with Crippen LogP contribution in [0.1, 0.15) is 70.4 Å². The van der Waals surface area contributed by atoms with Crippen molar-refractivity contribution in [2.45, 2.75) is 89.5 Å². The number of hydrogen-bond donors (Lipinski definition) is 2. The normalized spacial score (nSPS) is 27.2. The predicted molar refractivity (Wildman–Crippen MR) is 97.6 cm³/mol. The standard InChI is InChI=1S/C19H32N4O3/c1-13(2)17-11-23(22-21-17)10-9-15-7-8-16(18(12-24)26-15)20-19(25)14-5-3-4-6-14/h11,13-16,18,24H,3-10,12H2,1-2H3,(H,20,25)/t15-,16+,18-/m1/s1. The van der Waals surface area contributed by atoms with Crippen molar-refractivity contribution in [2.24, 2.45) is 5.92 Å². The first-order chi connectivity index (χ1) is 12.6. The highest BCUT2D eigenvalue weighted by Crippen LogP contribution is 2.27. The van der Waals surface area contributed by atoms with Gasteiger partial charge in [-0.25, -0.2) is 0 Å². The minimum atomic E-state index is -0.318. The average Bonchev–Trinajstić information content (AvgIpc) is 3.32. The van der Waals surface area contributed by atoms with Crippen LogP contribution in [0.5, 0.6) is 0 Å². The largest absolute Gasteiger partial charge is 0.394 e. The number of aliphatic hydroxyl groups excluding tert-OH is 1. The van der Waals surface area contributed by atoms with E-state index in [-0.39, 0.29) is 36.7 Å². The Morgan fingerprint density at radius 3 is 2.77 bits per heavy atom. The van der Waals surface area contributed by atoms with Gasteiger partial charge in [-0.1, -0.05) is 31.9 Å². The zero-order chi connectivity index (χ0) is 18.5. The Balaban J connectivity index is 1.46. The van der Waals surface area contributed by atoms with E-state index in [9.17, 15) is 9.90 Å². The topological polar surface area (TPSA) is 89.3 Å². The number of carbonyl (C=O) groups is 1. The van der Waals surface area contributed by atoms with Crippen LogP contribution in [-0.2, 0) is 16.1 Å². The molecule has 7 heteroatoms. The van der Waals surface area contributed by atoms with Gasteiger partial charge in [0.15, 0.2) is 0 Å². The van der Waals surface area contributed by atoms with Crippen LogP contribution in [0.25, 0.3) is 0 Å². The van der Waals surface area contributed by atoms with Gasteiger partial charge in [0.1, 0.15) is 6.10 Å². The SMILES string of the molecule is CC(C)c1cn(CC[C@H]2CC[C@H](NC(=O)C3CCCC3)[C@@H](CO)O2)nn1. The highest BCUT2D eigenvalue weighted by atomic mass is 16.5. The Labute approximate surface area is 155 Å². The molecule has 2 heterocycles. The van der Waals surface area contributed by atoms with Crippen molar-refractivity contribution in [1.82, 2.24) is 20.3 Å². The van der Waals surface area contributed by atoms with Crippen LogP contribution in [0, 0.1) is 5.92 Å². The van der Waals surface area contributed by atoms with Crippen LogP contribution in [0.3, 0.4) is 0 Å². The van der Waals surface area contributed by atoms with Crippen molar-refractivity contribution >= 4 is 5.91 Å². The average molecular weight is 364 g/mol. The smallest absolute Gasteiger partial charge is 0.223 e. The zero-order valence-corrected chi connectivity index (χ0v) is 15.9. The van der Waals surface area contributed by atoms with Gasteiger partial charge in [0, 0.05) is 18.7 Å². The molecule has 0 unspecified atom stereocenters. The molecule has 1 aromatic heterocycles. The number of carbonyl (C=O) groups excluding carboxylic acids is 1. The summed E-state index contributed by atoms with van der Waals surface area (Å²) in [7, 11) is 0. The molecular weight excluding hydrogens is 332 g/mol. The fourth-order valence-corrected chi connectivity index (χ4v) is 3.96. The zero-order valence-electron chi connectivity index (χ0n) is 15.9. The highest BCUT2D eigenvalue weighted by Gasteiger charge is 2.33. The van der Waals surface area contributed by atoms with Crippen molar-refractivity contribution in [3.8, 4) is 0 Å². The summed E-state index contributed by atoms with van der Waals surface area (Å²) in [6, 6.07) is -0.0803. The fraction of sp³-hybridized carbons (Fsp3) is 0.842. The minimum absolute atomic E-state index is 0.0626. The van der Waals surface area contributed by atoms with E-state index < -0.39 is 0 Å². The Hall–Kier alpha value is -1.47. The van der Waals surface area contributed by atoms with Crippen LogP contribution < -0.4 is 5.32 Å². The summed E-state index contributed by atoms with van der Waals surface area (Å²) < 4.78 is 7.92. The van der Waals surface area contributed by atoms with E-state index in [0.29, 0.717) is 5.92 Å². The molecule has 0 bridgehead atoms. The second-order valence-electron chi connectivity index (χ2n) is 8.00. The summed E-state index contributed by atoms with van der Waals surface area (Å²) in [4.78, 5) is 12.4. The predicted octanol–water partition coefficient (Wildman–Crippen LogP) is 2.01. The van der Waals surface area contributed by atoms with Crippen molar-refractivity contribution in [1.29, 1.82) is 0 Å². The molecule has 1 saturated heterocycles. The summed E-state index contributed by atoms with van der Waals surface area (Å²) in [6.45, 7) is 4.89. The van der Waals surface area contributed by atoms with Gasteiger partial charge in [-0.05, 0) is 38.0 Å². The first-order valence-corrected chi connectivity index (χ1v) is 10.0. The third kappa shape index (κ3) is 4.82. The lowest BCUT2D eigenvalue weighted by molar-refractivity contribution is -0.132. The summed E-state index contributed by atoms with van der Waals surface area (Å²) in [5.41, 5.74) is 0.998. The van der Waals surface area contributed by atoms with Gasteiger partial charge in [-0.2, -0.15) is 0 Å². The van der Waals surface area contributed by atoms with E-state index >= 15 is 0 Å². The van der Waals surface area contributed by atoms with E-state index in [0.717, 1.165) is 57.2 Å². The molecule has 0 radical (unpaired) electrons. The summed E-state index contributed by atoms with van der Waals surface area (Å²) in [6.07, 6.45) is 8.59. The van der Waals surface area contributed by atoms with Crippen LogP contribution >= 0.6 is 0 Å². The summed E-state index contributed by atoms with van der Waals surface area (Å²) in [5.74, 6) is 0.657. The Bertz CT molecular complexity index is 583. The van der Waals surface area contributed by atoms with E-state index in [1.54, 1.807) is 0 Å². The molecule has 3 rings (SSSR count). The molecule has 7 nitrogen and oxygen atoms in total. The molecule has 2 N–H and O–H groups in total. The second-order valence-corrected chi connectivity index (χ2v) is 8.00. The third-order valence-corrected chi connectivity index (χ3v) is 5.68. The number of rotatable bonds is 7. The van der Waals surface area contributed by atoms with Gasteiger partial charge in [-0.3, -0.25) is 9.48 Å². The Kier molecular flexibility index (Phi) is 6.64. The van der Waals surface area contributed by atoms with Crippen molar-refractivity contribution in [2.75, 3.05) is 6.61 Å². The van der Waals surface area contributed by atoms with Crippen LogP contribution in [0.2, 0.25) is 0 Å². The Morgan fingerprint density at radius 2 is 2.12 bits per heavy atom. The molecule has 0 aromatic carbocycles. The van der Waals surface area contributed by atoms with Crippen molar-refractivity contribution < 1.29 is 14.6 Å². The van der Waals surface area contributed by atoms with E-state index in [1.807, 2.05) is 10.9 Å². The lowest BCUT2D eigenvalue weighted by Gasteiger charge is -2.36. The molecule has 3 atom stereocenters. The lowest BCUT2D eigenvalue weighted by Crippen LogP contribution is -2.52. The van der Waals surface area contributed by atoms with Crippen LogP contribution in [-0.4, -0.2) is 50.9 Å². The number of aliphatic hydroxyl groups is 1. The Morgan fingerprint density at radius 1 is 1.35 bits per heavy atom. The first-order valence-electron chi connectivity index (χ1n) is 10.0. The van der Waals surface area contributed by atoms with Gasteiger partial charge < -0.3 is 15.2 Å². The third-order valence-electron chi connectivity index (χ3n) is 5.68. The van der Waals surface area contributed by atoms with E-state index in [2.05, 4.69) is 29.5 Å². The van der Waals surface area contributed by atoms with Gasteiger partial charge in [0.05, 0.1) is 24.4 Å². The van der Waals surface area contributed by atoms with Gasteiger partial charge in [0.25, 0.3) is 0 Å². The molecule has 2 fully saturated rings. The van der Waals surface area contributed by atoms with E-state index in [4.69, 9.17) is 4.74 Å². The molecule has 1 aliphatic heterocycles.